The number of hydrogen-bond donors (Lipinski definition) is 0. The van der Waals surface area contributed by atoms with Gasteiger partial charge in [-0.05, 0) is 43.9 Å². The largest absolute Gasteiger partial charge is 0.336 e. The van der Waals surface area contributed by atoms with Gasteiger partial charge in [0, 0.05) is 22.6 Å². The first kappa shape index (κ1) is 14.6. The van der Waals surface area contributed by atoms with Crippen molar-refractivity contribution in [2.75, 3.05) is 6.54 Å². The van der Waals surface area contributed by atoms with Crippen LogP contribution in [-0.4, -0.2) is 23.4 Å². The van der Waals surface area contributed by atoms with Crippen LogP contribution >= 0.6 is 15.9 Å². The number of likely N-dealkylation sites (tertiary alicyclic amines) is 1. The van der Waals surface area contributed by atoms with Crippen molar-refractivity contribution in [2.24, 2.45) is 0 Å². The highest BCUT2D eigenvalue weighted by Crippen LogP contribution is 2.24. The summed E-state index contributed by atoms with van der Waals surface area (Å²) in [5, 5.41) is 0. The smallest absolute Gasteiger partial charge is 0.254 e. The minimum atomic E-state index is 0.201. The van der Waals surface area contributed by atoms with Gasteiger partial charge >= 0.3 is 0 Å². The van der Waals surface area contributed by atoms with E-state index in [-0.39, 0.29) is 5.91 Å². The van der Waals surface area contributed by atoms with Gasteiger partial charge in [0.25, 0.3) is 5.91 Å². The van der Waals surface area contributed by atoms with Crippen molar-refractivity contribution in [2.45, 2.75) is 52.0 Å². The van der Waals surface area contributed by atoms with Crippen LogP contribution in [0.5, 0.6) is 0 Å². The molecule has 1 saturated heterocycles. The Labute approximate surface area is 124 Å². The fourth-order valence-electron chi connectivity index (χ4n) is 2.85. The number of rotatable bonds is 2. The second-order valence-electron chi connectivity index (χ2n) is 5.37. The Bertz CT molecular complexity index is 458. The molecule has 0 aromatic heterocycles. The Morgan fingerprint density at radius 3 is 2.89 bits per heavy atom. The number of aryl methyl sites for hydroxylation is 1. The van der Waals surface area contributed by atoms with Crippen molar-refractivity contribution >= 4 is 21.8 Å². The van der Waals surface area contributed by atoms with Crippen LogP contribution in [0.4, 0.5) is 0 Å². The van der Waals surface area contributed by atoms with Crippen molar-refractivity contribution in [3.8, 4) is 0 Å². The molecule has 3 heteroatoms. The van der Waals surface area contributed by atoms with Crippen LogP contribution in [0.15, 0.2) is 22.7 Å². The molecule has 0 spiro atoms. The molecule has 1 aliphatic heterocycles. The van der Waals surface area contributed by atoms with Gasteiger partial charge in [0.05, 0.1) is 0 Å². The number of carbonyl (C=O) groups excluding carboxylic acids is 1. The molecule has 1 atom stereocenters. The van der Waals surface area contributed by atoms with Crippen molar-refractivity contribution in [1.82, 2.24) is 4.90 Å². The van der Waals surface area contributed by atoms with E-state index in [1.54, 1.807) is 0 Å². The molecule has 104 valence electrons. The number of carbonyl (C=O) groups is 1. The van der Waals surface area contributed by atoms with E-state index in [1.165, 1.54) is 12.8 Å². The molecule has 1 aliphatic rings. The van der Waals surface area contributed by atoms with Crippen molar-refractivity contribution in [3.63, 3.8) is 0 Å². The maximum absolute atomic E-state index is 12.8. The summed E-state index contributed by atoms with van der Waals surface area (Å²) in [6.45, 7) is 5.10. The standard InChI is InChI=1S/C16H22BrNO/c1-3-14-7-5-4-6-10-18(14)16(19)15-11-13(17)9-8-12(15)2/h8-9,11,14H,3-7,10H2,1-2H3. The summed E-state index contributed by atoms with van der Waals surface area (Å²) in [7, 11) is 0. The summed E-state index contributed by atoms with van der Waals surface area (Å²) in [5.41, 5.74) is 1.90. The second-order valence-corrected chi connectivity index (χ2v) is 6.28. The molecule has 1 aromatic carbocycles. The molecule has 2 rings (SSSR count). The van der Waals surface area contributed by atoms with Gasteiger partial charge in [0.2, 0.25) is 0 Å². The van der Waals surface area contributed by atoms with Crippen molar-refractivity contribution in [1.29, 1.82) is 0 Å². The van der Waals surface area contributed by atoms with Gasteiger partial charge in [-0.15, -0.1) is 0 Å². The molecule has 2 nitrogen and oxygen atoms in total. The first-order valence-corrected chi connectivity index (χ1v) is 8.00. The third-order valence-electron chi connectivity index (χ3n) is 4.04. The highest BCUT2D eigenvalue weighted by atomic mass is 79.9. The van der Waals surface area contributed by atoms with E-state index in [0.29, 0.717) is 6.04 Å². The predicted molar refractivity (Wildman–Crippen MR) is 82.5 cm³/mol. The van der Waals surface area contributed by atoms with E-state index in [9.17, 15) is 4.79 Å². The van der Waals surface area contributed by atoms with Gasteiger partial charge in [-0.1, -0.05) is 41.8 Å². The molecule has 0 radical (unpaired) electrons. The lowest BCUT2D eigenvalue weighted by Crippen LogP contribution is -2.40. The molecule has 1 amide bonds. The van der Waals surface area contributed by atoms with E-state index in [0.717, 1.165) is 41.4 Å². The lowest BCUT2D eigenvalue weighted by molar-refractivity contribution is 0.0677. The van der Waals surface area contributed by atoms with Crippen LogP contribution in [0.3, 0.4) is 0 Å². The van der Waals surface area contributed by atoms with Crippen molar-refractivity contribution in [3.05, 3.63) is 33.8 Å². The van der Waals surface area contributed by atoms with Gasteiger partial charge in [0.1, 0.15) is 0 Å². The predicted octanol–water partition coefficient (Wildman–Crippen LogP) is 4.55. The number of benzene rings is 1. The van der Waals surface area contributed by atoms with E-state index in [4.69, 9.17) is 0 Å². The Balaban J connectivity index is 2.27. The maximum atomic E-state index is 12.8. The average molecular weight is 324 g/mol. The first-order chi connectivity index (χ1) is 9.13. The summed E-state index contributed by atoms with van der Waals surface area (Å²) >= 11 is 3.47. The molecule has 0 aliphatic carbocycles. The molecule has 0 saturated carbocycles. The monoisotopic (exact) mass is 323 g/mol. The first-order valence-electron chi connectivity index (χ1n) is 7.20. The van der Waals surface area contributed by atoms with Gasteiger partial charge in [-0.2, -0.15) is 0 Å². The molecular formula is C16H22BrNO. The van der Waals surface area contributed by atoms with E-state index < -0.39 is 0 Å². The van der Waals surface area contributed by atoms with Crippen LogP contribution < -0.4 is 0 Å². The normalized spacial score (nSPS) is 20.2. The van der Waals surface area contributed by atoms with Gasteiger partial charge < -0.3 is 4.90 Å². The molecule has 1 aromatic rings. The summed E-state index contributed by atoms with van der Waals surface area (Å²) < 4.78 is 0.976. The summed E-state index contributed by atoms with van der Waals surface area (Å²) in [5.74, 6) is 0.201. The third kappa shape index (κ3) is 3.38. The molecule has 0 bridgehead atoms. The summed E-state index contributed by atoms with van der Waals surface area (Å²) in [6, 6.07) is 6.37. The van der Waals surface area contributed by atoms with Gasteiger partial charge in [-0.3, -0.25) is 4.79 Å². The zero-order valence-corrected chi connectivity index (χ0v) is 13.4. The van der Waals surface area contributed by atoms with Crippen LogP contribution in [0.1, 0.15) is 54.9 Å². The Hall–Kier alpha value is -0.830. The van der Waals surface area contributed by atoms with Crippen molar-refractivity contribution < 1.29 is 4.79 Å². The minimum absolute atomic E-state index is 0.201. The molecule has 19 heavy (non-hydrogen) atoms. The van der Waals surface area contributed by atoms with Crippen LogP contribution in [0, 0.1) is 6.92 Å². The SMILES string of the molecule is CCC1CCCCCN1C(=O)c1cc(Br)ccc1C. The lowest BCUT2D eigenvalue weighted by Gasteiger charge is -2.30. The Morgan fingerprint density at radius 2 is 2.16 bits per heavy atom. The molecule has 1 heterocycles. The number of halogens is 1. The highest BCUT2D eigenvalue weighted by Gasteiger charge is 2.25. The topological polar surface area (TPSA) is 20.3 Å². The van der Waals surface area contributed by atoms with Gasteiger partial charge in [-0.25, -0.2) is 0 Å². The molecular weight excluding hydrogens is 302 g/mol. The molecule has 1 fully saturated rings. The average Bonchev–Trinajstić information content (AvgIpc) is 2.65. The minimum Gasteiger partial charge on any atom is -0.336 e. The van der Waals surface area contributed by atoms with E-state index >= 15 is 0 Å². The Morgan fingerprint density at radius 1 is 1.37 bits per heavy atom. The van der Waals surface area contributed by atoms with Gasteiger partial charge in [0.15, 0.2) is 0 Å². The maximum Gasteiger partial charge on any atom is 0.254 e. The fraction of sp³-hybridized carbons (Fsp3) is 0.562. The molecule has 1 unspecified atom stereocenters. The zero-order chi connectivity index (χ0) is 13.8. The summed E-state index contributed by atoms with van der Waals surface area (Å²) in [4.78, 5) is 14.9. The number of amides is 1. The third-order valence-corrected chi connectivity index (χ3v) is 4.53. The van der Waals surface area contributed by atoms with Crippen LogP contribution in [-0.2, 0) is 0 Å². The zero-order valence-electron chi connectivity index (χ0n) is 11.8. The Kier molecular flexibility index (Phi) is 5.03. The summed E-state index contributed by atoms with van der Waals surface area (Å²) in [6.07, 6.45) is 5.83. The van der Waals surface area contributed by atoms with Crippen LogP contribution in [0.25, 0.3) is 0 Å². The van der Waals surface area contributed by atoms with E-state index in [2.05, 4.69) is 27.8 Å². The number of nitrogens with zero attached hydrogens (tertiary/aromatic N) is 1. The lowest BCUT2D eigenvalue weighted by atomic mass is 10.0. The number of hydrogen-bond acceptors (Lipinski definition) is 1. The second kappa shape index (κ2) is 6.56. The quantitative estimate of drug-likeness (QED) is 0.781. The highest BCUT2D eigenvalue weighted by molar-refractivity contribution is 9.10. The fourth-order valence-corrected chi connectivity index (χ4v) is 3.21. The molecule has 0 N–H and O–H groups in total. The van der Waals surface area contributed by atoms with Crippen LogP contribution in [0.2, 0.25) is 0 Å². The van der Waals surface area contributed by atoms with E-state index in [1.807, 2.05) is 25.1 Å².